The van der Waals surface area contributed by atoms with Crippen LogP contribution in [-0.4, -0.2) is 37.2 Å². The molecule has 0 atom stereocenters. The van der Waals surface area contributed by atoms with Crippen LogP contribution in [0.4, 0.5) is 5.69 Å². The van der Waals surface area contributed by atoms with E-state index in [0.717, 1.165) is 11.3 Å². The highest BCUT2D eigenvalue weighted by molar-refractivity contribution is 6.30. The van der Waals surface area contributed by atoms with Gasteiger partial charge in [-0.05, 0) is 30.2 Å². The maximum atomic E-state index is 13.0. The van der Waals surface area contributed by atoms with Crippen molar-refractivity contribution in [2.45, 2.75) is 12.8 Å². The molecule has 0 saturated carbocycles. The molecule has 3 aromatic rings. The number of hydrogen-bond donors (Lipinski definition) is 1. The van der Waals surface area contributed by atoms with E-state index in [9.17, 15) is 19.2 Å². The largest absolute Gasteiger partial charge is 0.497 e. The number of benzene rings is 3. The average Bonchev–Trinajstić information content (AvgIpc) is 2.85. The summed E-state index contributed by atoms with van der Waals surface area (Å²) in [5.41, 5.74) is 2.15. The normalized spacial score (nSPS) is 11.9. The number of carbonyl (C=O) groups is 4. The smallest absolute Gasteiger partial charge is 0.306 e. The first-order chi connectivity index (χ1) is 16.0. The number of amides is 1. The zero-order valence-corrected chi connectivity index (χ0v) is 17.9. The summed E-state index contributed by atoms with van der Waals surface area (Å²) in [6, 6.07) is 18.6. The lowest BCUT2D eigenvalue weighted by molar-refractivity contribution is -0.147. The predicted octanol–water partition coefficient (Wildman–Crippen LogP) is 3.59. The molecular formula is C26H21NO6. The predicted molar refractivity (Wildman–Crippen MR) is 121 cm³/mol. The molecule has 166 valence electrons. The molecule has 1 aliphatic carbocycles. The standard InChI is InChI=1S/C26H21NO6/c1-32-17-12-9-16(10-13-17)11-14-23(29)33-15-22(28)27-21-8-4-7-20-24(21)26(31)19-6-3-2-5-18(19)25(20)30/h2-10,12-13H,11,14-15H2,1H3,(H,27,28). The van der Waals surface area contributed by atoms with Gasteiger partial charge in [0.2, 0.25) is 0 Å². The van der Waals surface area contributed by atoms with Crippen LogP contribution >= 0.6 is 0 Å². The summed E-state index contributed by atoms with van der Waals surface area (Å²) >= 11 is 0. The first kappa shape index (κ1) is 22.0. The molecule has 1 N–H and O–H groups in total. The van der Waals surface area contributed by atoms with Crippen molar-refractivity contribution in [1.29, 1.82) is 0 Å². The molecule has 1 aliphatic rings. The number of ether oxygens (including phenoxy) is 2. The number of carbonyl (C=O) groups excluding carboxylic acids is 4. The summed E-state index contributed by atoms with van der Waals surface area (Å²) in [6.07, 6.45) is 0.580. The monoisotopic (exact) mass is 443 g/mol. The van der Waals surface area contributed by atoms with E-state index in [1.165, 1.54) is 0 Å². The summed E-state index contributed by atoms with van der Waals surface area (Å²) in [4.78, 5) is 50.2. The van der Waals surface area contributed by atoms with Gasteiger partial charge in [-0.15, -0.1) is 0 Å². The van der Waals surface area contributed by atoms with Crippen LogP contribution in [0.2, 0.25) is 0 Å². The molecule has 0 heterocycles. The van der Waals surface area contributed by atoms with Crippen LogP contribution in [0.3, 0.4) is 0 Å². The Labute approximate surface area is 190 Å². The number of fused-ring (bicyclic) bond motifs is 2. The summed E-state index contributed by atoms with van der Waals surface area (Å²) in [7, 11) is 1.58. The molecule has 3 aromatic carbocycles. The number of methoxy groups -OCH3 is 1. The minimum atomic E-state index is -0.597. The fraction of sp³-hybridized carbons (Fsp3) is 0.154. The van der Waals surface area contributed by atoms with E-state index >= 15 is 0 Å². The highest BCUT2D eigenvalue weighted by atomic mass is 16.5. The van der Waals surface area contributed by atoms with Gasteiger partial charge in [-0.25, -0.2) is 0 Å². The molecule has 7 heteroatoms. The van der Waals surface area contributed by atoms with Crippen molar-refractivity contribution < 1.29 is 28.7 Å². The lowest BCUT2D eigenvalue weighted by Gasteiger charge is -2.20. The van der Waals surface area contributed by atoms with Crippen molar-refractivity contribution in [3.8, 4) is 5.75 Å². The number of ketones is 2. The van der Waals surface area contributed by atoms with Crippen molar-refractivity contribution in [3.05, 3.63) is 94.5 Å². The molecule has 33 heavy (non-hydrogen) atoms. The molecule has 4 rings (SSSR count). The van der Waals surface area contributed by atoms with Gasteiger partial charge in [0.15, 0.2) is 18.2 Å². The fourth-order valence-corrected chi connectivity index (χ4v) is 3.69. The van der Waals surface area contributed by atoms with Crippen molar-refractivity contribution in [1.82, 2.24) is 0 Å². The highest BCUT2D eigenvalue weighted by Crippen LogP contribution is 2.31. The zero-order chi connectivity index (χ0) is 23.4. The maximum Gasteiger partial charge on any atom is 0.306 e. The summed E-state index contributed by atoms with van der Waals surface area (Å²) in [5.74, 6) is -1.00. The lowest BCUT2D eigenvalue weighted by Crippen LogP contribution is -2.26. The minimum absolute atomic E-state index is 0.115. The summed E-state index contributed by atoms with van der Waals surface area (Å²) in [6.45, 7) is -0.496. The third kappa shape index (κ3) is 4.67. The number of nitrogens with one attached hydrogen (secondary N) is 1. The SMILES string of the molecule is COc1ccc(CCC(=O)OCC(=O)Nc2cccc3c2C(=O)c2ccccc2C3=O)cc1. The third-order valence-corrected chi connectivity index (χ3v) is 5.37. The Kier molecular flexibility index (Phi) is 6.31. The zero-order valence-electron chi connectivity index (χ0n) is 17.9. The van der Waals surface area contributed by atoms with Gasteiger partial charge in [-0.2, -0.15) is 0 Å². The Morgan fingerprint density at radius 1 is 0.818 bits per heavy atom. The molecular weight excluding hydrogens is 422 g/mol. The van der Waals surface area contributed by atoms with Gasteiger partial charge in [-0.3, -0.25) is 19.2 Å². The van der Waals surface area contributed by atoms with Crippen molar-refractivity contribution in [2.24, 2.45) is 0 Å². The Morgan fingerprint density at radius 2 is 1.48 bits per heavy atom. The topological polar surface area (TPSA) is 98.8 Å². The molecule has 0 bridgehead atoms. The van der Waals surface area contributed by atoms with E-state index in [-0.39, 0.29) is 34.8 Å². The van der Waals surface area contributed by atoms with Gasteiger partial charge >= 0.3 is 5.97 Å². The molecule has 0 saturated heterocycles. The Morgan fingerprint density at radius 3 is 2.18 bits per heavy atom. The van der Waals surface area contributed by atoms with Gasteiger partial charge in [0.25, 0.3) is 5.91 Å². The molecule has 0 aromatic heterocycles. The van der Waals surface area contributed by atoms with Crippen LogP contribution in [0, 0.1) is 0 Å². The van der Waals surface area contributed by atoms with Crippen molar-refractivity contribution in [3.63, 3.8) is 0 Å². The third-order valence-electron chi connectivity index (χ3n) is 5.37. The van der Waals surface area contributed by atoms with Crippen LogP contribution in [-0.2, 0) is 20.7 Å². The Balaban J connectivity index is 1.37. The quantitative estimate of drug-likeness (QED) is 0.439. The Bertz CT molecular complexity index is 1250. The van der Waals surface area contributed by atoms with Crippen LogP contribution in [0.5, 0.6) is 5.75 Å². The van der Waals surface area contributed by atoms with Gasteiger partial charge in [0, 0.05) is 23.1 Å². The number of hydrogen-bond acceptors (Lipinski definition) is 6. The second kappa shape index (κ2) is 9.48. The average molecular weight is 443 g/mol. The van der Waals surface area contributed by atoms with Crippen LogP contribution in [0.25, 0.3) is 0 Å². The number of anilines is 1. The lowest BCUT2D eigenvalue weighted by atomic mass is 9.83. The van der Waals surface area contributed by atoms with E-state index in [1.807, 2.05) is 12.1 Å². The van der Waals surface area contributed by atoms with Crippen molar-refractivity contribution >= 4 is 29.1 Å². The Hall–Kier alpha value is -4.26. The first-order valence-electron chi connectivity index (χ1n) is 10.4. The highest BCUT2D eigenvalue weighted by Gasteiger charge is 2.31. The molecule has 0 unspecified atom stereocenters. The number of aryl methyl sites for hydroxylation is 1. The number of esters is 1. The second-order valence-electron chi connectivity index (χ2n) is 7.49. The van der Waals surface area contributed by atoms with Gasteiger partial charge in [0.1, 0.15) is 5.75 Å². The molecule has 0 aliphatic heterocycles. The van der Waals surface area contributed by atoms with Gasteiger partial charge < -0.3 is 14.8 Å². The van der Waals surface area contributed by atoms with E-state index in [1.54, 1.807) is 61.7 Å². The second-order valence-corrected chi connectivity index (χ2v) is 7.49. The van der Waals surface area contributed by atoms with Crippen LogP contribution in [0.15, 0.2) is 66.7 Å². The van der Waals surface area contributed by atoms with E-state index in [4.69, 9.17) is 9.47 Å². The minimum Gasteiger partial charge on any atom is -0.497 e. The first-order valence-corrected chi connectivity index (χ1v) is 10.4. The molecule has 7 nitrogen and oxygen atoms in total. The van der Waals surface area contributed by atoms with Crippen LogP contribution < -0.4 is 10.1 Å². The van der Waals surface area contributed by atoms with Gasteiger partial charge in [-0.1, -0.05) is 48.5 Å². The van der Waals surface area contributed by atoms with E-state index in [2.05, 4.69) is 5.32 Å². The number of rotatable bonds is 7. The van der Waals surface area contributed by atoms with E-state index in [0.29, 0.717) is 17.5 Å². The van der Waals surface area contributed by atoms with Crippen LogP contribution in [0.1, 0.15) is 43.8 Å². The van der Waals surface area contributed by atoms with E-state index < -0.39 is 18.5 Å². The van der Waals surface area contributed by atoms with Crippen molar-refractivity contribution in [2.75, 3.05) is 19.0 Å². The summed E-state index contributed by atoms with van der Waals surface area (Å²) < 4.78 is 10.2. The molecule has 0 radical (unpaired) electrons. The van der Waals surface area contributed by atoms with Gasteiger partial charge in [0.05, 0.1) is 18.4 Å². The molecule has 0 spiro atoms. The fourth-order valence-electron chi connectivity index (χ4n) is 3.69. The molecule has 1 amide bonds. The summed E-state index contributed by atoms with van der Waals surface area (Å²) in [5, 5.41) is 2.59. The maximum absolute atomic E-state index is 13.0. The molecule has 0 fully saturated rings.